The molecule has 0 saturated heterocycles. The van der Waals surface area contributed by atoms with Gasteiger partial charge in [-0.3, -0.25) is 4.98 Å². The number of aliphatic hydroxyl groups excluding tert-OH is 1. The second-order valence-corrected chi connectivity index (χ2v) is 5.63. The predicted molar refractivity (Wildman–Crippen MR) is 80.6 cm³/mol. The highest BCUT2D eigenvalue weighted by Crippen LogP contribution is 2.26. The quantitative estimate of drug-likeness (QED) is 0.724. The first-order valence-electron chi connectivity index (χ1n) is 6.51. The fraction of sp³-hybridized carbons (Fsp3) is 0.188. The second-order valence-electron chi connectivity index (χ2n) is 4.69. The predicted octanol–water partition coefficient (Wildman–Crippen LogP) is 3.06. The van der Waals surface area contributed by atoms with Crippen LogP contribution in [-0.4, -0.2) is 15.2 Å². The molecule has 2 aromatic heterocycles. The molecule has 0 fully saturated rings. The summed E-state index contributed by atoms with van der Waals surface area (Å²) < 4.78 is 1.05. The zero-order chi connectivity index (χ0) is 13.9. The molecule has 1 aromatic carbocycles. The van der Waals surface area contributed by atoms with Crippen LogP contribution >= 0.6 is 11.3 Å². The Morgan fingerprint density at radius 2 is 1.85 bits per heavy atom. The van der Waals surface area contributed by atoms with E-state index >= 15 is 0 Å². The average Bonchev–Trinajstić information content (AvgIpc) is 2.94. The summed E-state index contributed by atoms with van der Waals surface area (Å²) in [5, 5.41) is 21.8. The van der Waals surface area contributed by atoms with E-state index in [2.05, 4.69) is 17.1 Å². The minimum absolute atomic E-state index is 0.322. The van der Waals surface area contributed by atoms with Crippen molar-refractivity contribution in [2.45, 2.75) is 19.1 Å². The van der Waals surface area contributed by atoms with Gasteiger partial charge in [-0.2, -0.15) is 0 Å². The van der Waals surface area contributed by atoms with Crippen LogP contribution in [0.5, 0.6) is 0 Å². The van der Waals surface area contributed by atoms with Gasteiger partial charge in [0.2, 0.25) is 0 Å². The van der Waals surface area contributed by atoms with E-state index in [1.807, 2.05) is 29.6 Å². The fourth-order valence-corrected chi connectivity index (χ4v) is 3.14. The maximum absolute atomic E-state index is 9.33. The Hall–Kier alpha value is -1.75. The minimum Gasteiger partial charge on any atom is -0.363 e. The van der Waals surface area contributed by atoms with E-state index in [1.165, 1.54) is 5.56 Å². The highest BCUT2D eigenvalue weighted by atomic mass is 32.1. The molecule has 0 aliphatic heterocycles. The molecule has 0 unspecified atom stereocenters. The molecule has 0 aliphatic rings. The van der Waals surface area contributed by atoms with Gasteiger partial charge in [0.1, 0.15) is 0 Å². The van der Waals surface area contributed by atoms with Gasteiger partial charge >= 0.3 is 0 Å². The van der Waals surface area contributed by atoms with Gasteiger partial charge in [-0.15, -0.1) is 11.3 Å². The van der Waals surface area contributed by atoms with Crippen molar-refractivity contribution in [1.29, 1.82) is 0 Å². The molecule has 0 bridgehead atoms. The number of aryl methyl sites for hydroxylation is 2. The molecule has 20 heavy (non-hydrogen) atoms. The van der Waals surface area contributed by atoms with E-state index in [-0.39, 0.29) is 0 Å². The number of aromatic nitrogens is 1. The normalized spacial score (nSPS) is 11.3. The average molecular weight is 285 g/mol. The van der Waals surface area contributed by atoms with E-state index < -0.39 is 6.29 Å². The van der Waals surface area contributed by atoms with Crippen molar-refractivity contribution in [1.82, 2.24) is 4.98 Å². The third-order valence-electron chi connectivity index (χ3n) is 3.31. The molecular weight excluding hydrogens is 270 g/mol. The molecule has 2 heterocycles. The Morgan fingerprint density at radius 3 is 2.60 bits per heavy atom. The number of rotatable bonds is 4. The van der Waals surface area contributed by atoms with Gasteiger partial charge in [0.05, 0.1) is 5.69 Å². The molecule has 3 nitrogen and oxygen atoms in total. The summed E-state index contributed by atoms with van der Waals surface area (Å²) in [6.45, 7) is 0. The molecule has 2 N–H and O–H groups in total. The van der Waals surface area contributed by atoms with Gasteiger partial charge in [-0.1, -0.05) is 30.3 Å². The Kier molecular flexibility index (Phi) is 3.78. The number of thiophene rings is 1. The first kappa shape index (κ1) is 13.2. The number of pyridine rings is 1. The van der Waals surface area contributed by atoms with Gasteiger partial charge in [0.15, 0.2) is 6.29 Å². The van der Waals surface area contributed by atoms with Crippen LogP contribution in [0.25, 0.3) is 10.1 Å². The van der Waals surface area contributed by atoms with Crippen molar-refractivity contribution in [3.8, 4) is 0 Å². The fourth-order valence-electron chi connectivity index (χ4n) is 2.28. The Labute approximate surface area is 121 Å². The molecule has 3 rings (SSSR count). The zero-order valence-corrected chi connectivity index (χ0v) is 11.7. The maximum Gasteiger partial charge on any atom is 0.196 e. The second kappa shape index (κ2) is 5.71. The summed E-state index contributed by atoms with van der Waals surface area (Å²) in [7, 11) is 0. The van der Waals surface area contributed by atoms with Crippen LogP contribution in [0.2, 0.25) is 0 Å². The highest BCUT2D eigenvalue weighted by Gasteiger charge is 2.11. The number of fused-ring (bicyclic) bond motifs is 1. The lowest BCUT2D eigenvalue weighted by Crippen LogP contribution is -2.03. The first-order chi connectivity index (χ1) is 9.74. The topological polar surface area (TPSA) is 53.4 Å². The number of benzene rings is 1. The molecule has 102 valence electrons. The number of hydrogen-bond acceptors (Lipinski definition) is 4. The summed E-state index contributed by atoms with van der Waals surface area (Å²) in [6.07, 6.45) is 0.165. The molecule has 0 saturated carbocycles. The maximum atomic E-state index is 9.33. The van der Waals surface area contributed by atoms with Gasteiger partial charge in [0, 0.05) is 15.8 Å². The lowest BCUT2D eigenvalue weighted by Gasteiger charge is -2.08. The standard InChI is InChI=1S/C16H15NO2S/c18-16(19)14-10-15-12(8-9-20-15)13(17-14)7-6-11-4-2-1-3-5-11/h1-5,8-10,16,18-19H,6-7H2. The van der Waals surface area contributed by atoms with E-state index in [1.54, 1.807) is 17.4 Å². The molecule has 0 spiro atoms. The Balaban J connectivity index is 1.91. The van der Waals surface area contributed by atoms with Crippen molar-refractivity contribution in [2.75, 3.05) is 0 Å². The summed E-state index contributed by atoms with van der Waals surface area (Å²) >= 11 is 1.59. The lowest BCUT2D eigenvalue weighted by atomic mass is 10.1. The van der Waals surface area contributed by atoms with E-state index in [0.717, 1.165) is 28.6 Å². The Bertz CT molecular complexity index is 707. The number of hydrogen-bond donors (Lipinski definition) is 2. The van der Waals surface area contributed by atoms with Crippen LogP contribution in [0.3, 0.4) is 0 Å². The monoisotopic (exact) mass is 285 g/mol. The molecule has 3 aromatic rings. The molecule has 0 aliphatic carbocycles. The van der Waals surface area contributed by atoms with Crippen molar-refractivity contribution < 1.29 is 10.2 Å². The van der Waals surface area contributed by atoms with Crippen LogP contribution in [-0.2, 0) is 12.8 Å². The molecule has 4 heteroatoms. The highest BCUT2D eigenvalue weighted by molar-refractivity contribution is 7.17. The third-order valence-corrected chi connectivity index (χ3v) is 4.17. The van der Waals surface area contributed by atoms with Crippen LogP contribution in [0, 0.1) is 0 Å². The number of aliphatic hydroxyl groups is 2. The zero-order valence-electron chi connectivity index (χ0n) is 10.9. The smallest absolute Gasteiger partial charge is 0.196 e. The van der Waals surface area contributed by atoms with Crippen LogP contribution < -0.4 is 0 Å². The van der Waals surface area contributed by atoms with Crippen LogP contribution in [0.4, 0.5) is 0 Å². The van der Waals surface area contributed by atoms with Gasteiger partial charge in [0.25, 0.3) is 0 Å². The molecule has 0 amide bonds. The minimum atomic E-state index is -1.52. The van der Waals surface area contributed by atoms with Crippen molar-refractivity contribution in [3.05, 3.63) is 64.8 Å². The summed E-state index contributed by atoms with van der Waals surface area (Å²) in [4.78, 5) is 4.39. The first-order valence-corrected chi connectivity index (χ1v) is 7.39. The van der Waals surface area contributed by atoms with Crippen molar-refractivity contribution in [2.24, 2.45) is 0 Å². The van der Waals surface area contributed by atoms with Gasteiger partial charge in [-0.05, 0) is 35.9 Å². The summed E-state index contributed by atoms with van der Waals surface area (Å²) in [6, 6.07) is 14.0. The SMILES string of the molecule is OC(O)c1cc2sccc2c(CCc2ccccc2)n1. The van der Waals surface area contributed by atoms with Crippen LogP contribution in [0.15, 0.2) is 47.8 Å². The molecule has 0 atom stereocenters. The molecule has 0 radical (unpaired) electrons. The van der Waals surface area contributed by atoms with Crippen LogP contribution in [0.1, 0.15) is 23.2 Å². The largest absolute Gasteiger partial charge is 0.363 e. The van der Waals surface area contributed by atoms with E-state index in [4.69, 9.17) is 0 Å². The van der Waals surface area contributed by atoms with Crippen molar-refractivity contribution >= 4 is 21.4 Å². The van der Waals surface area contributed by atoms with Crippen molar-refractivity contribution in [3.63, 3.8) is 0 Å². The van der Waals surface area contributed by atoms with E-state index in [0.29, 0.717) is 5.69 Å². The lowest BCUT2D eigenvalue weighted by molar-refractivity contribution is -0.0458. The van der Waals surface area contributed by atoms with E-state index in [9.17, 15) is 10.2 Å². The summed E-state index contributed by atoms with van der Waals surface area (Å²) in [5.41, 5.74) is 2.51. The third kappa shape index (κ3) is 2.72. The summed E-state index contributed by atoms with van der Waals surface area (Å²) in [5.74, 6) is 0. The Morgan fingerprint density at radius 1 is 1.05 bits per heavy atom. The molecular formula is C16H15NO2S. The van der Waals surface area contributed by atoms with Gasteiger partial charge < -0.3 is 10.2 Å². The van der Waals surface area contributed by atoms with Gasteiger partial charge in [-0.25, -0.2) is 0 Å². The number of nitrogens with zero attached hydrogens (tertiary/aromatic N) is 1.